The molecule has 4 heterocycles. The van der Waals surface area contributed by atoms with Crippen molar-refractivity contribution in [2.45, 2.75) is 45.2 Å². The van der Waals surface area contributed by atoms with Crippen molar-refractivity contribution in [3.8, 4) is 0 Å². The molecule has 0 aromatic carbocycles. The van der Waals surface area contributed by atoms with Crippen LogP contribution in [0.15, 0.2) is 12.3 Å². The molecule has 2 aliphatic rings. The standard InChI is InChI=1S/C18H21N7O/c1-10-16-21-15(12-4-5-12)22-25(16)9-8-24(10)18(26)13-6-7-19-17-14(13)20-11(2)23(17)3/h6-7,10,12H,4-5,8-9H2,1-3H3/t10-/m1/s1. The van der Waals surface area contributed by atoms with E-state index in [0.29, 0.717) is 30.1 Å². The topological polar surface area (TPSA) is 81.7 Å². The molecule has 1 aliphatic heterocycles. The summed E-state index contributed by atoms with van der Waals surface area (Å²) in [6, 6.07) is 1.66. The van der Waals surface area contributed by atoms with Crippen LogP contribution in [-0.4, -0.2) is 46.7 Å². The van der Waals surface area contributed by atoms with Crippen LogP contribution in [-0.2, 0) is 13.6 Å². The number of hydrogen-bond acceptors (Lipinski definition) is 5. The highest BCUT2D eigenvalue weighted by molar-refractivity contribution is 6.04. The first-order valence-electron chi connectivity index (χ1n) is 9.08. The van der Waals surface area contributed by atoms with E-state index in [0.717, 1.165) is 23.1 Å². The summed E-state index contributed by atoms with van der Waals surface area (Å²) < 4.78 is 3.87. The maximum Gasteiger partial charge on any atom is 0.256 e. The number of imidazole rings is 1. The molecule has 5 rings (SSSR count). The smallest absolute Gasteiger partial charge is 0.256 e. The van der Waals surface area contributed by atoms with E-state index in [1.807, 2.05) is 35.0 Å². The minimum Gasteiger partial charge on any atom is -0.327 e. The number of rotatable bonds is 2. The van der Waals surface area contributed by atoms with Crippen LogP contribution in [0.1, 0.15) is 59.6 Å². The SMILES string of the molecule is Cc1nc2c(C(=O)N3CCn4nc(C5CC5)nc4[C@H]3C)ccnc2n1C. The Labute approximate surface area is 150 Å². The van der Waals surface area contributed by atoms with Gasteiger partial charge in [-0.2, -0.15) is 5.10 Å². The highest BCUT2D eigenvalue weighted by atomic mass is 16.2. The lowest BCUT2D eigenvalue weighted by Crippen LogP contribution is -2.41. The predicted octanol–water partition coefficient (Wildman–Crippen LogP) is 1.96. The van der Waals surface area contributed by atoms with Crippen molar-refractivity contribution in [1.29, 1.82) is 0 Å². The third kappa shape index (κ3) is 2.17. The summed E-state index contributed by atoms with van der Waals surface area (Å²) in [6.07, 6.45) is 4.03. The minimum absolute atomic E-state index is 0.0229. The first-order valence-corrected chi connectivity index (χ1v) is 9.08. The predicted molar refractivity (Wildman–Crippen MR) is 94.7 cm³/mol. The summed E-state index contributed by atoms with van der Waals surface area (Å²) in [5.74, 6) is 3.15. The number of hydrogen-bond donors (Lipinski definition) is 0. The lowest BCUT2D eigenvalue weighted by molar-refractivity contribution is 0.0632. The van der Waals surface area contributed by atoms with Crippen molar-refractivity contribution in [3.05, 3.63) is 35.3 Å². The monoisotopic (exact) mass is 351 g/mol. The van der Waals surface area contributed by atoms with Gasteiger partial charge < -0.3 is 9.47 Å². The molecular weight excluding hydrogens is 330 g/mol. The van der Waals surface area contributed by atoms with Crippen molar-refractivity contribution < 1.29 is 4.79 Å². The fraction of sp³-hybridized carbons (Fsp3) is 0.500. The molecule has 134 valence electrons. The summed E-state index contributed by atoms with van der Waals surface area (Å²) >= 11 is 0. The number of carbonyl (C=O) groups is 1. The van der Waals surface area contributed by atoms with Crippen LogP contribution >= 0.6 is 0 Å². The molecule has 0 bridgehead atoms. The minimum atomic E-state index is -0.107. The molecule has 0 saturated heterocycles. The molecule has 26 heavy (non-hydrogen) atoms. The molecule has 0 N–H and O–H groups in total. The Hall–Kier alpha value is -2.77. The number of fused-ring (bicyclic) bond motifs is 2. The van der Waals surface area contributed by atoms with Crippen molar-refractivity contribution in [3.63, 3.8) is 0 Å². The van der Waals surface area contributed by atoms with Crippen LogP contribution in [0.5, 0.6) is 0 Å². The van der Waals surface area contributed by atoms with Gasteiger partial charge in [-0.05, 0) is 32.8 Å². The summed E-state index contributed by atoms with van der Waals surface area (Å²) in [5.41, 5.74) is 1.99. The molecule has 1 atom stereocenters. The van der Waals surface area contributed by atoms with Crippen LogP contribution in [0.3, 0.4) is 0 Å². The van der Waals surface area contributed by atoms with E-state index in [-0.39, 0.29) is 11.9 Å². The van der Waals surface area contributed by atoms with Crippen LogP contribution < -0.4 is 0 Å². The number of aryl methyl sites for hydroxylation is 2. The molecule has 8 heteroatoms. The summed E-state index contributed by atoms with van der Waals surface area (Å²) in [4.78, 5) is 28.8. The number of pyridine rings is 1. The Balaban J connectivity index is 1.52. The van der Waals surface area contributed by atoms with E-state index in [4.69, 9.17) is 4.98 Å². The molecule has 0 radical (unpaired) electrons. The van der Waals surface area contributed by atoms with Crippen LogP contribution in [0.2, 0.25) is 0 Å². The van der Waals surface area contributed by atoms with Crippen LogP contribution in [0.25, 0.3) is 11.2 Å². The molecule has 1 amide bonds. The molecule has 3 aromatic rings. The second-order valence-corrected chi connectivity index (χ2v) is 7.25. The lowest BCUT2D eigenvalue weighted by Gasteiger charge is -2.33. The molecule has 0 unspecified atom stereocenters. The molecular formula is C18H21N7O. The number of amides is 1. The van der Waals surface area contributed by atoms with Gasteiger partial charge in [0.1, 0.15) is 17.2 Å². The fourth-order valence-electron chi connectivity index (χ4n) is 3.69. The van der Waals surface area contributed by atoms with Crippen molar-refractivity contribution in [2.75, 3.05) is 6.54 Å². The van der Waals surface area contributed by atoms with E-state index in [1.165, 1.54) is 12.8 Å². The van der Waals surface area contributed by atoms with E-state index >= 15 is 0 Å². The van der Waals surface area contributed by atoms with Crippen molar-refractivity contribution in [1.82, 2.24) is 34.2 Å². The molecule has 1 aliphatic carbocycles. The van der Waals surface area contributed by atoms with Gasteiger partial charge in [0.05, 0.1) is 18.2 Å². The Morgan fingerprint density at radius 2 is 2.04 bits per heavy atom. The molecule has 1 fully saturated rings. The van der Waals surface area contributed by atoms with Crippen molar-refractivity contribution >= 4 is 17.1 Å². The fourth-order valence-corrected chi connectivity index (χ4v) is 3.69. The molecule has 0 spiro atoms. The Kier molecular flexibility index (Phi) is 3.19. The third-order valence-electron chi connectivity index (χ3n) is 5.53. The number of nitrogens with zero attached hydrogens (tertiary/aromatic N) is 7. The van der Waals surface area contributed by atoms with Gasteiger partial charge in [0.25, 0.3) is 5.91 Å². The largest absolute Gasteiger partial charge is 0.327 e. The van der Waals surface area contributed by atoms with Crippen LogP contribution in [0.4, 0.5) is 0 Å². The van der Waals surface area contributed by atoms with Gasteiger partial charge in [0.2, 0.25) is 0 Å². The van der Waals surface area contributed by atoms with Gasteiger partial charge in [0.15, 0.2) is 11.5 Å². The Morgan fingerprint density at radius 3 is 2.81 bits per heavy atom. The zero-order valence-corrected chi connectivity index (χ0v) is 15.2. The lowest BCUT2D eigenvalue weighted by atomic mass is 10.1. The normalized spacial score (nSPS) is 19.8. The third-order valence-corrected chi connectivity index (χ3v) is 5.53. The van der Waals surface area contributed by atoms with E-state index in [9.17, 15) is 4.79 Å². The highest BCUT2D eigenvalue weighted by Gasteiger charge is 2.35. The van der Waals surface area contributed by atoms with Crippen molar-refractivity contribution in [2.24, 2.45) is 7.05 Å². The van der Waals surface area contributed by atoms with Gasteiger partial charge in [0, 0.05) is 25.7 Å². The van der Waals surface area contributed by atoms with Gasteiger partial charge in [-0.1, -0.05) is 0 Å². The quantitative estimate of drug-likeness (QED) is 0.705. The average molecular weight is 351 g/mol. The zero-order valence-electron chi connectivity index (χ0n) is 15.2. The van der Waals surface area contributed by atoms with Crippen LogP contribution in [0, 0.1) is 6.92 Å². The highest BCUT2D eigenvalue weighted by Crippen LogP contribution is 2.39. The summed E-state index contributed by atoms with van der Waals surface area (Å²) in [7, 11) is 1.91. The second kappa shape index (κ2) is 5.36. The first-order chi connectivity index (χ1) is 12.5. The molecule has 8 nitrogen and oxygen atoms in total. The summed E-state index contributed by atoms with van der Waals surface area (Å²) in [6.45, 7) is 5.24. The maximum absolute atomic E-state index is 13.3. The molecule has 1 saturated carbocycles. The Bertz CT molecular complexity index is 1030. The van der Waals surface area contributed by atoms with E-state index in [1.54, 1.807) is 12.3 Å². The number of carbonyl (C=O) groups excluding carboxylic acids is 1. The van der Waals surface area contributed by atoms with Gasteiger partial charge in [-0.3, -0.25) is 4.79 Å². The van der Waals surface area contributed by atoms with E-state index in [2.05, 4.69) is 15.1 Å². The van der Waals surface area contributed by atoms with Gasteiger partial charge in [-0.25, -0.2) is 19.6 Å². The Morgan fingerprint density at radius 1 is 1.23 bits per heavy atom. The zero-order chi connectivity index (χ0) is 18.0. The average Bonchev–Trinajstić information content (AvgIpc) is 3.33. The molecule has 3 aromatic heterocycles. The maximum atomic E-state index is 13.3. The summed E-state index contributed by atoms with van der Waals surface area (Å²) in [5, 5.41) is 4.64. The van der Waals surface area contributed by atoms with Gasteiger partial charge >= 0.3 is 0 Å². The van der Waals surface area contributed by atoms with Gasteiger partial charge in [-0.15, -0.1) is 0 Å². The number of aromatic nitrogens is 6. The second-order valence-electron chi connectivity index (χ2n) is 7.25. The van der Waals surface area contributed by atoms with E-state index < -0.39 is 0 Å². The first kappa shape index (κ1) is 15.5.